The first kappa shape index (κ1) is 24.2. The molecule has 2 heterocycles. The summed E-state index contributed by atoms with van der Waals surface area (Å²) >= 11 is 0. The van der Waals surface area contributed by atoms with Crippen molar-refractivity contribution in [2.75, 3.05) is 11.9 Å². The van der Waals surface area contributed by atoms with Crippen molar-refractivity contribution < 1.29 is 19.4 Å². The highest BCUT2D eigenvalue weighted by Gasteiger charge is 2.34. The van der Waals surface area contributed by atoms with Gasteiger partial charge in [0.15, 0.2) is 5.69 Å². The molecule has 3 aliphatic rings. The Morgan fingerprint density at radius 1 is 1.16 bits per heavy atom. The van der Waals surface area contributed by atoms with Crippen molar-refractivity contribution in [1.29, 1.82) is 0 Å². The minimum atomic E-state index is -0.652. The Morgan fingerprint density at radius 2 is 1.92 bits per heavy atom. The van der Waals surface area contributed by atoms with Crippen LogP contribution in [0.2, 0.25) is 0 Å². The molecular weight excluding hydrogens is 468 g/mol. The van der Waals surface area contributed by atoms with Crippen molar-refractivity contribution in [2.24, 2.45) is 11.8 Å². The number of pyridine rings is 1. The van der Waals surface area contributed by atoms with Crippen molar-refractivity contribution in [3.05, 3.63) is 53.1 Å². The van der Waals surface area contributed by atoms with Crippen LogP contribution in [0.4, 0.5) is 5.69 Å². The summed E-state index contributed by atoms with van der Waals surface area (Å²) in [5.74, 6) is 1.26. The fourth-order valence-electron chi connectivity index (χ4n) is 5.56. The molecule has 3 aromatic rings. The predicted molar refractivity (Wildman–Crippen MR) is 141 cm³/mol. The van der Waals surface area contributed by atoms with Gasteiger partial charge in [-0.15, -0.1) is 0 Å². The first-order chi connectivity index (χ1) is 17.8. The van der Waals surface area contributed by atoms with Crippen LogP contribution in [0.5, 0.6) is 5.75 Å². The number of carbonyl (C=O) groups excluding carboxylic acids is 1. The molecule has 3 aliphatic carbocycles. The van der Waals surface area contributed by atoms with E-state index in [4.69, 9.17) is 9.84 Å². The highest BCUT2D eigenvalue weighted by Crippen LogP contribution is 2.40. The standard InChI is InChI=1S/C29H36N4O4/c1-29(2,35)21-10-12-22(13-11-21)32-16-20-14-24(27(15-23(20)31-32)37-17-18-6-7-18)30-28(34)26-5-3-4-25(33(26)36)19-8-9-19/h3-5,14-16,18-19,21-22,35H,6-13,17H2,1-2H3,(H,30,34). The van der Waals surface area contributed by atoms with Crippen LogP contribution < -0.4 is 14.8 Å². The Balaban J connectivity index is 1.26. The van der Waals surface area contributed by atoms with Gasteiger partial charge in [0.25, 0.3) is 5.69 Å². The van der Waals surface area contributed by atoms with Crippen LogP contribution in [-0.4, -0.2) is 33.0 Å². The lowest BCUT2D eigenvalue weighted by Crippen LogP contribution is -2.40. The summed E-state index contributed by atoms with van der Waals surface area (Å²) in [6.45, 7) is 4.40. The SMILES string of the molecule is CC(C)(O)C1CCC(n2cc3cc(NC(=O)c4cccc(C5CC5)[n+]4[O-])c(OCC4CC4)cc3n2)CC1. The molecule has 2 N–H and O–H groups in total. The Kier molecular flexibility index (Phi) is 6.10. The molecule has 0 unspecified atom stereocenters. The number of benzene rings is 1. The Morgan fingerprint density at radius 3 is 2.59 bits per heavy atom. The minimum Gasteiger partial charge on any atom is -0.618 e. The lowest BCUT2D eigenvalue weighted by atomic mass is 9.77. The third-order valence-electron chi connectivity index (χ3n) is 8.32. The molecule has 0 spiro atoms. The zero-order valence-electron chi connectivity index (χ0n) is 21.7. The average Bonchev–Trinajstić information content (AvgIpc) is 3.80. The number of hydrogen-bond acceptors (Lipinski definition) is 5. The fourth-order valence-corrected chi connectivity index (χ4v) is 5.56. The first-order valence-electron chi connectivity index (χ1n) is 13.7. The molecular formula is C29H36N4O4. The molecule has 0 radical (unpaired) electrons. The monoisotopic (exact) mass is 504 g/mol. The number of nitrogens with zero attached hydrogens (tertiary/aromatic N) is 3. The van der Waals surface area contributed by atoms with Gasteiger partial charge < -0.3 is 20.4 Å². The first-order valence-corrected chi connectivity index (χ1v) is 13.7. The van der Waals surface area contributed by atoms with E-state index >= 15 is 0 Å². The maximum atomic E-state index is 13.2. The molecule has 2 aromatic heterocycles. The fraction of sp³-hybridized carbons (Fsp3) is 0.552. The normalized spacial score (nSPS) is 22.2. The van der Waals surface area contributed by atoms with Crippen LogP contribution in [-0.2, 0) is 0 Å². The number of anilines is 1. The molecule has 0 bridgehead atoms. The number of hydrogen-bond donors (Lipinski definition) is 2. The predicted octanol–water partition coefficient (Wildman–Crippen LogP) is 5.09. The van der Waals surface area contributed by atoms with Crippen molar-refractivity contribution in [1.82, 2.24) is 9.78 Å². The number of ether oxygens (including phenoxy) is 1. The van der Waals surface area contributed by atoms with Gasteiger partial charge in [-0.1, -0.05) is 0 Å². The highest BCUT2D eigenvalue weighted by atomic mass is 16.5. The lowest BCUT2D eigenvalue weighted by Gasteiger charge is -2.35. The summed E-state index contributed by atoms with van der Waals surface area (Å²) in [5.41, 5.74) is 1.48. The van der Waals surface area contributed by atoms with E-state index in [0.29, 0.717) is 35.6 Å². The Bertz CT molecular complexity index is 1310. The molecule has 196 valence electrons. The van der Waals surface area contributed by atoms with Crippen molar-refractivity contribution in [3.8, 4) is 5.75 Å². The molecule has 37 heavy (non-hydrogen) atoms. The van der Waals surface area contributed by atoms with Crippen molar-refractivity contribution >= 4 is 22.5 Å². The minimum absolute atomic E-state index is 0.0944. The second-order valence-electron chi connectivity index (χ2n) is 11.8. The smallest absolute Gasteiger partial charge is 0.321 e. The molecule has 0 atom stereocenters. The molecule has 8 heteroatoms. The van der Waals surface area contributed by atoms with Gasteiger partial charge in [0, 0.05) is 35.7 Å². The number of rotatable bonds is 8. The van der Waals surface area contributed by atoms with E-state index in [1.54, 1.807) is 18.2 Å². The summed E-state index contributed by atoms with van der Waals surface area (Å²) in [6, 6.07) is 9.24. The molecule has 1 amide bonds. The van der Waals surface area contributed by atoms with Crippen LogP contribution in [0.15, 0.2) is 36.5 Å². The number of aliphatic hydroxyl groups is 1. The van der Waals surface area contributed by atoms with Crippen molar-refractivity contribution in [3.63, 3.8) is 0 Å². The van der Waals surface area contributed by atoms with Gasteiger partial charge in [-0.3, -0.25) is 9.48 Å². The van der Waals surface area contributed by atoms with Gasteiger partial charge in [-0.2, -0.15) is 9.83 Å². The topological polar surface area (TPSA) is 103 Å². The number of carbonyl (C=O) groups is 1. The van der Waals surface area contributed by atoms with Gasteiger partial charge in [-0.05, 0) is 89.2 Å². The number of nitrogens with one attached hydrogen (secondary N) is 1. The number of fused-ring (bicyclic) bond motifs is 1. The van der Waals surface area contributed by atoms with Crippen LogP contribution >= 0.6 is 0 Å². The van der Waals surface area contributed by atoms with Crippen molar-refractivity contribution in [2.45, 2.75) is 82.8 Å². The molecule has 3 fully saturated rings. The molecule has 0 aliphatic heterocycles. The third-order valence-corrected chi connectivity index (χ3v) is 8.32. The zero-order valence-corrected chi connectivity index (χ0v) is 21.7. The van der Waals surface area contributed by atoms with Gasteiger partial charge in [0.1, 0.15) is 5.75 Å². The maximum Gasteiger partial charge on any atom is 0.321 e. The average molecular weight is 505 g/mol. The van der Waals surface area contributed by atoms with Gasteiger partial charge in [0.05, 0.1) is 29.5 Å². The summed E-state index contributed by atoms with van der Waals surface area (Å²) in [6.07, 6.45) is 10.2. The van der Waals surface area contributed by atoms with E-state index in [-0.39, 0.29) is 17.7 Å². The molecule has 8 nitrogen and oxygen atoms in total. The van der Waals surface area contributed by atoms with E-state index in [1.165, 1.54) is 0 Å². The molecule has 0 saturated heterocycles. The largest absolute Gasteiger partial charge is 0.618 e. The van der Waals surface area contributed by atoms with Gasteiger partial charge in [-0.25, -0.2) is 0 Å². The van der Waals surface area contributed by atoms with Crippen LogP contribution in [0.25, 0.3) is 10.9 Å². The second kappa shape index (κ2) is 9.31. The zero-order chi connectivity index (χ0) is 25.7. The number of aromatic nitrogens is 3. The van der Waals surface area contributed by atoms with E-state index < -0.39 is 11.5 Å². The summed E-state index contributed by atoms with van der Waals surface area (Å²) in [4.78, 5) is 13.2. The van der Waals surface area contributed by atoms with E-state index in [1.807, 2.05) is 36.9 Å². The van der Waals surface area contributed by atoms with Crippen LogP contribution in [0, 0.1) is 17.0 Å². The Labute approximate surface area is 217 Å². The summed E-state index contributed by atoms with van der Waals surface area (Å²) in [7, 11) is 0. The van der Waals surface area contributed by atoms with E-state index in [0.717, 1.165) is 67.0 Å². The number of amides is 1. The highest BCUT2D eigenvalue weighted by molar-refractivity contribution is 6.04. The van der Waals surface area contributed by atoms with Gasteiger partial charge >= 0.3 is 5.91 Å². The maximum absolute atomic E-state index is 13.2. The molecule has 3 saturated carbocycles. The van der Waals surface area contributed by atoms with E-state index in [9.17, 15) is 15.1 Å². The Hall–Kier alpha value is -3.13. The van der Waals surface area contributed by atoms with Crippen LogP contribution in [0.1, 0.15) is 93.4 Å². The third kappa shape index (κ3) is 5.17. The summed E-state index contributed by atoms with van der Waals surface area (Å²) in [5, 5.41) is 32.0. The lowest BCUT2D eigenvalue weighted by molar-refractivity contribution is -0.616. The summed E-state index contributed by atoms with van der Waals surface area (Å²) < 4.78 is 8.95. The molecule has 1 aromatic carbocycles. The van der Waals surface area contributed by atoms with Gasteiger partial charge in [0.2, 0.25) is 0 Å². The quantitative estimate of drug-likeness (QED) is 0.329. The van der Waals surface area contributed by atoms with E-state index in [2.05, 4.69) is 5.32 Å². The van der Waals surface area contributed by atoms with Crippen LogP contribution in [0.3, 0.4) is 0 Å². The second-order valence-corrected chi connectivity index (χ2v) is 11.8. The molecule has 6 rings (SSSR count).